The van der Waals surface area contributed by atoms with Crippen molar-refractivity contribution in [2.45, 2.75) is 57.2 Å². The molecule has 0 amide bonds. The maximum atomic E-state index is 5.88. The van der Waals surface area contributed by atoms with E-state index < -0.39 is 0 Å². The molecule has 2 heteroatoms. The van der Waals surface area contributed by atoms with Gasteiger partial charge >= 0.3 is 0 Å². The summed E-state index contributed by atoms with van der Waals surface area (Å²) in [7, 11) is 0. The second kappa shape index (κ2) is 5.95. The van der Waals surface area contributed by atoms with E-state index in [9.17, 15) is 0 Å². The Bertz CT molecular complexity index is 496. The average Bonchev–Trinajstić information content (AvgIpc) is 2.81. The van der Waals surface area contributed by atoms with Crippen LogP contribution in [0.3, 0.4) is 0 Å². The monoisotopic (exact) mass is 350 g/mol. The van der Waals surface area contributed by atoms with Gasteiger partial charge in [-0.05, 0) is 42.6 Å². The van der Waals surface area contributed by atoms with Gasteiger partial charge in [-0.1, -0.05) is 61.3 Å². The molecule has 1 aliphatic heterocycles. The molecule has 2 aliphatic rings. The molecule has 0 spiro atoms. The van der Waals surface area contributed by atoms with Gasteiger partial charge in [-0.25, -0.2) is 0 Å². The molecule has 1 aliphatic carbocycles. The van der Waals surface area contributed by atoms with E-state index in [1.807, 2.05) is 0 Å². The molecule has 0 bridgehead atoms. The van der Waals surface area contributed by atoms with Gasteiger partial charge in [-0.3, -0.25) is 0 Å². The van der Waals surface area contributed by atoms with Crippen LogP contribution < -0.4 is 4.74 Å². The highest BCUT2D eigenvalue weighted by molar-refractivity contribution is 9.09. The Balaban J connectivity index is 1.72. The van der Waals surface area contributed by atoms with E-state index in [1.54, 1.807) is 0 Å². The summed E-state index contributed by atoms with van der Waals surface area (Å²) in [5.74, 6) is 3.32. The molecular formula is C19H27BrO. The van der Waals surface area contributed by atoms with Crippen molar-refractivity contribution < 1.29 is 4.74 Å². The lowest BCUT2D eigenvalue weighted by atomic mass is 9.65. The molecule has 0 N–H and O–H groups in total. The SMILES string of the molecule is CC1CCC(C(C)(C)CC2COc3ccccc32)C(Br)C1. The molecule has 0 aromatic heterocycles. The van der Waals surface area contributed by atoms with Crippen LogP contribution in [-0.2, 0) is 0 Å². The van der Waals surface area contributed by atoms with Crippen molar-refractivity contribution in [1.82, 2.24) is 0 Å². The molecule has 1 aromatic carbocycles. The Hall–Kier alpha value is -0.500. The highest BCUT2D eigenvalue weighted by Crippen LogP contribution is 2.49. The highest BCUT2D eigenvalue weighted by Gasteiger charge is 2.40. The molecule has 1 saturated carbocycles. The lowest BCUT2D eigenvalue weighted by Gasteiger charge is -2.43. The molecule has 1 aromatic rings. The van der Waals surface area contributed by atoms with Gasteiger partial charge in [0.25, 0.3) is 0 Å². The summed E-state index contributed by atoms with van der Waals surface area (Å²) < 4.78 is 5.88. The molecule has 1 fully saturated rings. The number of fused-ring (bicyclic) bond motifs is 1. The summed E-state index contributed by atoms with van der Waals surface area (Å²) >= 11 is 3.98. The molecule has 0 radical (unpaired) electrons. The number of hydrogen-bond donors (Lipinski definition) is 0. The van der Waals surface area contributed by atoms with Crippen LogP contribution in [0, 0.1) is 17.3 Å². The zero-order valence-electron chi connectivity index (χ0n) is 13.4. The minimum atomic E-state index is 0.361. The zero-order valence-corrected chi connectivity index (χ0v) is 15.0. The number of halogens is 1. The molecule has 0 saturated heterocycles. The number of benzene rings is 1. The predicted octanol–water partition coefficient (Wildman–Crippen LogP) is 5.78. The number of alkyl halides is 1. The van der Waals surface area contributed by atoms with Crippen molar-refractivity contribution in [3.8, 4) is 5.75 Å². The molecule has 4 unspecified atom stereocenters. The first-order chi connectivity index (χ1) is 9.97. The van der Waals surface area contributed by atoms with Crippen molar-refractivity contribution in [3.63, 3.8) is 0 Å². The maximum absolute atomic E-state index is 5.88. The van der Waals surface area contributed by atoms with Crippen LogP contribution >= 0.6 is 15.9 Å². The van der Waals surface area contributed by atoms with Crippen molar-refractivity contribution in [1.29, 1.82) is 0 Å². The first kappa shape index (κ1) is 15.4. The Kier molecular flexibility index (Phi) is 4.36. The third kappa shape index (κ3) is 3.16. The smallest absolute Gasteiger partial charge is 0.122 e. The quantitative estimate of drug-likeness (QED) is 0.628. The first-order valence-corrected chi connectivity index (χ1v) is 9.25. The largest absolute Gasteiger partial charge is 0.493 e. The van der Waals surface area contributed by atoms with E-state index >= 15 is 0 Å². The van der Waals surface area contributed by atoms with E-state index in [0.717, 1.165) is 24.2 Å². The van der Waals surface area contributed by atoms with Gasteiger partial charge in [0, 0.05) is 16.3 Å². The fraction of sp³-hybridized carbons (Fsp3) is 0.684. The maximum Gasteiger partial charge on any atom is 0.122 e. The summed E-state index contributed by atoms with van der Waals surface area (Å²) in [5, 5.41) is 0. The third-order valence-electron chi connectivity index (χ3n) is 5.61. The van der Waals surface area contributed by atoms with E-state index in [1.165, 1.54) is 31.2 Å². The number of hydrogen-bond acceptors (Lipinski definition) is 1. The number of para-hydroxylation sites is 1. The number of ether oxygens (including phenoxy) is 1. The minimum absolute atomic E-state index is 0.361. The van der Waals surface area contributed by atoms with E-state index in [0.29, 0.717) is 16.2 Å². The van der Waals surface area contributed by atoms with Crippen LogP contribution in [0.5, 0.6) is 5.75 Å². The van der Waals surface area contributed by atoms with Crippen LogP contribution in [0.2, 0.25) is 0 Å². The summed E-state index contributed by atoms with van der Waals surface area (Å²) in [5.41, 5.74) is 1.78. The van der Waals surface area contributed by atoms with E-state index in [-0.39, 0.29) is 0 Å². The molecule has 1 nitrogen and oxygen atoms in total. The highest BCUT2D eigenvalue weighted by atomic mass is 79.9. The fourth-order valence-electron chi connectivity index (χ4n) is 4.38. The van der Waals surface area contributed by atoms with E-state index in [4.69, 9.17) is 4.74 Å². The third-order valence-corrected chi connectivity index (χ3v) is 6.62. The number of rotatable bonds is 3. The molecule has 4 atom stereocenters. The topological polar surface area (TPSA) is 9.23 Å². The average molecular weight is 351 g/mol. The summed E-state index contributed by atoms with van der Waals surface area (Å²) in [6, 6.07) is 8.57. The molecule has 116 valence electrons. The standard InChI is InChI=1S/C19H27BrO/c1-13-8-9-16(17(20)10-13)19(2,3)11-14-12-21-18-7-5-4-6-15(14)18/h4-7,13-14,16-17H,8-12H2,1-3H3. The van der Waals surface area contributed by atoms with Gasteiger partial charge in [0.05, 0.1) is 6.61 Å². The first-order valence-electron chi connectivity index (χ1n) is 8.33. The molecule has 1 heterocycles. The van der Waals surface area contributed by atoms with Crippen molar-refractivity contribution >= 4 is 15.9 Å². The Morgan fingerprint density at radius 1 is 1.24 bits per heavy atom. The molecule has 21 heavy (non-hydrogen) atoms. The van der Waals surface area contributed by atoms with Gasteiger partial charge in [0.15, 0.2) is 0 Å². The minimum Gasteiger partial charge on any atom is -0.493 e. The van der Waals surface area contributed by atoms with Crippen molar-refractivity contribution in [2.75, 3.05) is 6.61 Å². The predicted molar refractivity (Wildman–Crippen MR) is 92.3 cm³/mol. The van der Waals surface area contributed by atoms with Crippen molar-refractivity contribution in [3.05, 3.63) is 29.8 Å². The van der Waals surface area contributed by atoms with Crippen LogP contribution in [-0.4, -0.2) is 11.4 Å². The summed E-state index contributed by atoms with van der Waals surface area (Å²) in [6.45, 7) is 8.17. The Morgan fingerprint density at radius 3 is 2.76 bits per heavy atom. The lowest BCUT2D eigenvalue weighted by molar-refractivity contribution is 0.122. The van der Waals surface area contributed by atoms with E-state index in [2.05, 4.69) is 61.0 Å². The summed E-state index contributed by atoms with van der Waals surface area (Å²) in [4.78, 5) is 0.675. The van der Waals surface area contributed by atoms with Crippen LogP contribution in [0.15, 0.2) is 24.3 Å². The Morgan fingerprint density at radius 2 is 2.00 bits per heavy atom. The van der Waals surface area contributed by atoms with Crippen LogP contribution in [0.4, 0.5) is 0 Å². The van der Waals surface area contributed by atoms with Crippen LogP contribution in [0.1, 0.15) is 57.9 Å². The van der Waals surface area contributed by atoms with Gasteiger partial charge < -0.3 is 4.74 Å². The Labute approximate surface area is 137 Å². The van der Waals surface area contributed by atoms with Gasteiger partial charge in [0.1, 0.15) is 5.75 Å². The second-order valence-electron chi connectivity index (χ2n) is 7.78. The molecular weight excluding hydrogens is 324 g/mol. The zero-order chi connectivity index (χ0) is 15.0. The lowest BCUT2D eigenvalue weighted by Crippen LogP contribution is -2.36. The van der Waals surface area contributed by atoms with Gasteiger partial charge in [0.2, 0.25) is 0 Å². The van der Waals surface area contributed by atoms with Crippen LogP contribution in [0.25, 0.3) is 0 Å². The second-order valence-corrected chi connectivity index (χ2v) is 8.96. The van der Waals surface area contributed by atoms with Crippen molar-refractivity contribution in [2.24, 2.45) is 17.3 Å². The summed E-state index contributed by atoms with van der Waals surface area (Å²) in [6.07, 6.45) is 5.30. The normalized spacial score (nSPS) is 32.6. The molecule has 3 rings (SSSR count). The van der Waals surface area contributed by atoms with Gasteiger partial charge in [-0.15, -0.1) is 0 Å². The van der Waals surface area contributed by atoms with Gasteiger partial charge in [-0.2, -0.15) is 0 Å². The fourth-order valence-corrected chi connectivity index (χ4v) is 5.99.